The SMILES string of the molecule is Cc1noc(Nc2cncc(-c3ccccn3)n2)c1C. The van der Waals surface area contributed by atoms with Gasteiger partial charge in [-0.3, -0.25) is 9.97 Å². The maximum absolute atomic E-state index is 5.20. The van der Waals surface area contributed by atoms with Gasteiger partial charge in [0.2, 0.25) is 5.88 Å². The van der Waals surface area contributed by atoms with Crippen LogP contribution in [-0.2, 0) is 0 Å². The van der Waals surface area contributed by atoms with Gasteiger partial charge in [0.05, 0.1) is 23.8 Å². The molecule has 6 nitrogen and oxygen atoms in total. The van der Waals surface area contributed by atoms with Gasteiger partial charge in [-0.15, -0.1) is 0 Å². The third kappa shape index (κ3) is 2.35. The number of anilines is 2. The van der Waals surface area contributed by atoms with Crippen molar-refractivity contribution in [2.45, 2.75) is 13.8 Å². The molecule has 0 fully saturated rings. The molecule has 0 saturated heterocycles. The van der Waals surface area contributed by atoms with E-state index in [-0.39, 0.29) is 0 Å². The molecule has 0 aromatic carbocycles. The molecule has 0 aliphatic heterocycles. The van der Waals surface area contributed by atoms with E-state index in [2.05, 4.69) is 25.4 Å². The minimum atomic E-state index is 0.579. The topological polar surface area (TPSA) is 76.7 Å². The molecule has 0 bridgehead atoms. The van der Waals surface area contributed by atoms with E-state index < -0.39 is 0 Å². The van der Waals surface area contributed by atoms with E-state index in [1.807, 2.05) is 32.0 Å². The van der Waals surface area contributed by atoms with Gasteiger partial charge >= 0.3 is 0 Å². The summed E-state index contributed by atoms with van der Waals surface area (Å²) in [6.45, 7) is 3.82. The average Bonchev–Trinajstić information content (AvgIpc) is 2.81. The van der Waals surface area contributed by atoms with Crippen LogP contribution in [0.1, 0.15) is 11.3 Å². The van der Waals surface area contributed by atoms with Crippen LogP contribution in [0.15, 0.2) is 41.3 Å². The van der Waals surface area contributed by atoms with Gasteiger partial charge in [-0.1, -0.05) is 11.2 Å². The summed E-state index contributed by atoms with van der Waals surface area (Å²) >= 11 is 0. The zero-order chi connectivity index (χ0) is 13.9. The van der Waals surface area contributed by atoms with Crippen molar-refractivity contribution in [3.63, 3.8) is 0 Å². The number of hydrogen-bond acceptors (Lipinski definition) is 6. The summed E-state index contributed by atoms with van der Waals surface area (Å²) in [5.74, 6) is 1.17. The van der Waals surface area contributed by atoms with E-state index in [0.29, 0.717) is 17.4 Å². The fourth-order valence-electron chi connectivity index (χ4n) is 1.71. The minimum absolute atomic E-state index is 0.579. The Kier molecular flexibility index (Phi) is 3.12. The quantitative estimate of drug-likeness (QED) is 0.786. The summed E-state index contributed by atoms with van der Waals surface area (Å²) in [5, 5.41) is 6.97. The van der Waals surface area contributed by atoms with E-state index in [9.17, 15) is 0 Å². The van der Waals surface area contributed by atoms with Crippen molar-refractivity contribution in [3.8, 4) is 11.4 Å². The molecule has 3 aromatic rings. The molecule has 3 heterocycles. The van der Waals surface area contributed by atoms with E-state index in [1.165, 1.54) is 0 Å². The van der Waals surface area contributed by atoms with Gasteiger partial charge in [0.1, 0.15) is 5.69 Å². The predicted molar refractivity (Wildman–Crippen MR) is 74.5 cm³/mol. The Labute approximate surface area is 115 Å². The van der Waals surface area contributed by atoms with Gasteiger partial charge in [-0.2, -0.15) is 0 Å². The molecule has 0 aliphatic rings. The van der Waals surface area contributed by atoms with E-state index in [4.69, 9.17) is 4.52 Å². The highest BCUT2D eigenvalue weighted by molar-refractivity contribution is 5.59. The van der Waals surface area contributed by atoms with Crippen LogP contribution in [0, 0.1) is 13.8 Å². The van der Waals surface area contributed by atoms with Crippen LogP contribution in [0.2, 0.25) is 0 Å². The Hall–Kier alpha value is -2.76. The first kappa shape index (κ1) is 12.3. The number of rotatable bonds is 3. The van der Waals surface area contributed by atoms with Crippen LogP contribution >= 0.6 is 0 Å². The van der Waals surface area contributed by atoms with Gasteiger partial charge in [0.25, 0.3) is 0 Å². The van der Waals surface area contributed by atoms with Crippen LogP contribution in [0.4, 0.5) is 11.7 Å². The lowest BCUT2D eigenvalue weighted by atomic mass is 10.3. The summed E-state index contributed by atoms with van der Waals surface area (Å²) < 4.78 is 5.20. The molecule has 1 N–H and O–H groups in total. The van der Waals surface area contributed by atoms with Crippen LogP contribution in [0.3, 0.4) is 0 Å². The van der Waals surface area contributed by atoms with E-state index in [1.54, 1.807) is 18.6 Å². The second-order valence-corrected chi connectivity index (χ2v) is 4.35. The molecule has 100 valence electrons. The van der Waals surface area contributed by atoms with Gasteiger partial charge in [0.15, 0.2) is 5.82 Å². The first-order valence-corrected chi connectivity index (χ1v) is 6.17. The lowest BCUT2D eigenvalue weighted by molar-refractivity contribution is 0.429. The number of aryl methyl sites for hydroxylation is 1. The fraction of sp³-hybridized carbons (Fsp3) is 0.143. The highest BCUT2D eigenvalue weighted by Gasteiger charge is 2.10. The molecule has 3 rings (SSSR count). The summed E-state index contributed by atoms with van der Waals surface area (Å²) in [6, 6.07) is 5.66. The van der Waals surface area contributed by atoms with Crippen molar-refractivity contribution in [1.82, 2.24) is 20.1 Å². The molecule has 0 spiro atoms. The van der Waals surface area contributed by atoms with Crippen molar-refractivity contribution in [2.24, 2.45) is 0 Å². The highest BCUT2D eigenvalue weighted by atomic mass is 16.5. The number of aromatic nitrogens is 4. The first-order chi connectivity index (χ1) is 9.74. The third-order valence-corrected chi connectivity index (χ3v) is 2.96. The molecule has 0 radical (unpaired) electrons. The van der Waals surface area contributed by atoms with Crippen LogP contribution < -0.4 is 5.32 Å². The fourth-order valence-corrected chi connectivity index (χ4v) is 1.71. The Balaban J connectivity index is 1.90. The smallest absolute Gasteiger partial charge is 0.233 e. The predicted octanol–water partition coefficient (Wildman–Crippen LogP) is 2.89. The van der Waals surface area contributed by atoms with Crippen LogP contribution in [0.25, 0.3) is 11.4 Å². The average molecular weight is 267 g/mol. The summed E-state index contributed by atoms with van der Waals surface area (Å²) in [4.78, 5) is 12.9. The second kappa shape index (κ2) is 5.08. The van der Waals surface area contributed by atoms with Crippen LogP contribution in [0.5, 0.6) is 0 Å². The molecular formula is C14H13N5O. The van der Waals surface area contributed by atoms with Crippen molar-refractivity contribution in [2.75, 3.05) is 5.32 Å². The Morgan fingerprint density at radius 2 is 2.00 bits per heavy atom. The largest absolute Gasteiger partial charge is 0.338 e. The molecule has 6 heteroatoms. The lowest BCUT2D eigenvalue weighted by Gasteiger charge is -2.04. The third-order valence-electron chi connectivity index (χ3n) is 2.96. The lowest BCUT2D eigenvalue weighted by Crippen LogP contribution is -1.97. The molecule has 0 aliphatic carbocycles. The summed E-state index contributed by atoms with van der Waals surface area (Å²) in [6.07, 6.45) is 5.02. The van der Waals surface area contributed by atoms with Crippen molar-refractivity contribution in [3.05, 3.63) is 48.0 Å². The molecule has 3 aromatic heterocycles. The van der Waals surface area contributed by atoms with E-state index in [0.717, 1.165) is 17.0 Å². The highest BCUT2D eigenvalue weighted by Crippen LogP contribution is 2.22. The summed E-state index contributed by atoms with van der Waals surface area (Å²) in [5.41, 5.74) is 3.27. The zero-order valence-corrected chi connectivity index (χ0v) is 11.2. The summed E-state index contributed by atoms with van der Waals surface area (Å²) in [7, 11) is 0. The minimum Gasteiger partial charge on any atom is -0.338 e. The monoisotopic (exact) mass is 267 g/mol. The Morgan fingerprint density at radius 1 is 1.10 bits per heavy atom. The molecular weight excluding hydrogens is 254 g/mol. The molecule has 0 atom stereocenters. The van der Waals surface area contributed by atoms with Crippen molar-refractivity contribution in [1.29, 1.82) is 0 Å². The number of pyridine rings is 1. The molecule has 0 saturated carbocycles. The van der Waals surface area contributed by atoms with Crippen LogP contribution in [-0.4, -0.2) is 20.1 Å². The maximum Gasteiger partial charge on any atom is 0.233 e. The van der Waals surface area contributed by atoms with Gasteiger partial charge in [-0.05, 0) is 26.0 Å². The van der Waals surface area contributed by atoms with Crippen molar-refractivity contribution >= 4 is 11.7 Å². The van der Waals surface area contributed by atoms with Gasteiger partial charge in [0, 0.05) is 11.8 Å². The Morgan fingerprint density at radius 3 is 2.70 bits per heavy atom. The Bertz CT molecular complexity index is 723. The molecule has 0 amide bonds. The number of hydrogen-bond donors (Lipinski definition) is 1. The first-order valence-electron chi connectivity index (χ1n) is 6.17. The van der Waals surface area contributed by atoms with Crippen molar-refractivity contribution < 1.29 is 4.52 Å². The number of nitrogens with zero attached hydrogens (tertiary/aromatic N) is 4. The second-order valence-electron chi connectivity index (χ2n) is 4.35. The molecule has 20 heavy (non-hydrogen) atoms. The normalized spacial score (nSPS) is 10.5. The standard InChI is InChI=1S/C14H13N5O/c1-9-10(2)19-20-14(9)18-13-8-15-7-12(17-13)11-5-3-4-6-16-11/h3-8H,1-2H3,(H,17,18). The van der Waals surface area contributed by atoms with Gasteiger partial charge < -0.3 is 9.84 Å². The molecule has 0 unspecified atom stereocenters. The zero-order valence-electron chi connectivity index (χ0n) is 11.2. The van der Waals surface area contributed by atoms with Gasteiger partial charge in [-0.25, -0.2) is 4.98 Å². The number of nitrogens with one attached hydrogen (secondary N) is 1. The maximum atomic E-state index is 5.20. The van der Waals surface area contributed by atoms with E-state index >= 15 is 0 Å².